The molecule has 10 nitrogen and oxygen atoms in total. The summed E-state index contributed by atoms with van der Waals surface area (Å²) < 4.78 is 5.41. The number of nitrogens with one attached hydrogen (secondary N) is 3. The molecule has 2 amide bonds. The Bertz CT molecular complexity index is 805. The summed E-state index contributed by atoms with van der Waals surface area (Å²) in [5, 5.41) is 3.45. The fourth-order valence-corrected chi connectivity index (χ4v) is 5.08. The highest BCUT2D eigenvalue weighted by Gasteiger charge is 2.56. The molecule has 0 aliphatic carbocycles. The number of amides is 2. The Labute approximate surface area is 184 Å². The Morgan fingerprint density at radius 2 is 2.03 bits per heavy atom. The summed E-state index contributed by atoms with van der Waals surface area (Å²) >= 11 is 0. The van der Waals surface area contributed by atoms with Crippen LogP contribution in [0.3, 0.4) is 0 Å². The number of likely N-dealkylation sites (N-methyl/N-ethyl adjacent to an activating group) is 1. The maximum absolute atomic E-state index is 13.6. The van der Waals surface area contributed by atoms with E-state index in [4.69, 9.17) is 4.74 Å². The van der Waals surface area contributed by atoms with Crippen LogP contribution in [0, 0.1) is 5.92 Å². The number of rotatable bonds is 4. The molecule has 3 fully saturated rings. The van der Waals surface area contributed by atoms with Gasteiger partial charge in [0.05, 0.1) is 24.4 Å². The first-order chi connectivity index (χ1) is 14.7. The molecular formula is C21H36N8O2. The SMILES string of the molecule is CCOc1nccc(NC2NNC3C2CN(C(=O)N2C[C@@H](C)N(C)C[C@@H]2C)C3(C)C)n1. The Kier molecular flexibility index (Phi) is 5.97. The van der Waals surface area contributed by atoms with Crippen molar-refractivity contribution in [1.29, 1.82) is 0 Å². The summed E-state index contributed by atoms with van der Waals surface area (Å²) in [5.41, 5.74) is 6.46. The number of carbonyl (C=O) groups is 1. The first-order valence-corrected chi connectivity index (χ1v) is 11.2. The molecule has 172 valence electrons. The van der Waals surface area contributed by atoms with Crippen LogP contribution in [0.25, 0.3) is 0 Å². The van der Waals surface area contributed by atoms with Gasteiger partial charge in [-0.2, -0.15) is 4.98 Å². The molecule has 0 radical (unpaired) electrons. The van der Waals surface area contributed by atoms with E-state index in [9.17, 15) is 4.79 Å². The first kappa shape index (κ1) is 22.0. The van der Waals surface area contributed by atoms with Crippen molar-refractivity contribution in [3.05, 3.63) is 12.3 Å². The maximum atomic E-state index is 13.6. The average Bonchev–Trinajstić information content (AvgIpc) is 3.23. The number of hydrogen-bond donors (Lipinski definition) is 3. The van der Waals surface area contributed by atoms with E-state index in [0.29, 0.717) is 31.0 Å². The van der Waals surface area contributed by atoms with Gasteiger partial charge in [0.25, 0.3) is 0 Å². The van der Waals surface area contributed by atoms with Gasteiger partial charge in [-0.15, -0.1) is 0 Å². The molecular weight excluding hydrogens is 396 g/mol. The number of fused-ring (bicyclic) bond motifs is 1. The molecule has 0 bridgehead atoms. The van der Waals surface area contributed by atoms with Crippen LogP contribution in [-0.2, 0) is 0 Å². The number of hydrazine groups is 1. The molecule has 1 aromatic heterocycles. The second kappa shape index (κ2) is 8.40. The number of aromatic nitrogens is 2. The minimum Gasteiger partial charge on any atom is -0.464 e. The van der Waals surface area contributed by atoms with E-state index in [1.54, 1.807) is 6.20 Å². The maximum Gasteiger partial charge on any atom is 0.320 e. The van der Waals surface area contributed by atoms with Gasteiger partial charge in [0.2, 0.25) is 0 Å². The summed E-state index contributed by atoms with van der Waals surface area (Å²) in [7, 11) is 2.13. The summed E-state index contributed by atoms with van der Waals surface area (Å²) in [4.78, 5) is 28.6. The van der Waals surface area contributed by atoms with Gasteiger partial charge >= 0.3 is 12.0 Å². The molecule has 5 atom stereocenters. The van der Waals surface area contributed by atoms with Crippen LogP contribution in [0.15, 0.2) is 12.3 Å². The third kappa shape index (κ3) is 4.04. The molecule has 0 saturated carbocycles. The van der Waals surface area contributed by atoms with Crippen LogP contribution in [0.1, 0.15) is 34.6 Å². The summed E-state index contributed by atoms with van der Waals surface area (Å²) in [6.45, 7) is 13.4. The van der Waals surface area contributed by atoms with E-state index in [0.717, 1.165) is 13.1 Å². The van der Waals surface area contributed by atoms with Gasteiger partial charge in [-0.3, -0.25) is 10.3 Å². The number of piperazine rings is 1. The fourth-order valence-electron chi connectivity index (χ4n) is 5.08. The highest BCUT2D eigenvalue weighted by atomic mass is 16.5. The topological polar surface area (TPSA) is 97.9 Å². The molecule has 3 unspecified atom stereocenters. The zero-order chi connectivity index (χ0) is 22.3. The van der Waals surface area contributed by atoms with Gasteiger partial charge in [0.1, 0.15) is 5.82 Å². The predicted octanol–water partition coefficient (Wildman–Crippen LogP) is 0.945. The molecule has 3 N–H and O–H groups in total. The number of hydrogen-bond acceptors (Lipinski definition) is 8. The molecule has 3 aliphatic rings. The first-order valence-electron chi connectivity index (χ1n) is 11.2. The van der Waals surface area contributed by atoms with Crippen molar-refractivity contribution in [3.63, 3.8) is 0 Å². The van der Waals surface area contributed by atoms with Crippen molar-refractivity contribution in [2.45, 2.75) is 64.4 Å². The number of ether oxygens (including phenoxy) is 1. The molecule has 3 aliphatic heterocycles. The standard InChI is InChI=1S/C21H36N8O2/c1-7-31-19-22-9-8-16(24-19)23-18-15-12-29(21(4,5)17(15)25-26-18)20(30)28-11-13(2)27(6)10-14(28)3/h8-9,13-15,17-18,25-26H,7,10-12H2,1-6H3,(H,22,23,24)/t13-,14+,15?,17?,18?/m1/s1. The Morgan fingerprint density at radius 1 is 1.26 bits per heavy atom. The minimum atomic E-state index is -0.320. The van der Waals surface area contributed by atoms with Crippen molar-refractivity contribution in [2.24, 2.45) is 5.92 Å². The third-order valence-electron chi connectivity index (χ3n) is 7.09. The second-order valence-corrected chi connectivity index (χ2v) is 9.55. The Hall–Kier alpha value is -2.17. The lowest BCUT2D eigenvalue weighted by molar-refractivity contribution is 0.0502. The lowest BCUT2D eigenvalue weighted by atomic mass is 9.90. The number of urea groups is 1. The van der Waals surface area contributed by atoms with E-state index < -0.39 is 0 Å². The van der Waals surface area contributed by atoms with Crippen LogP contribution in [0.5, 0.6) is 6.01 Å². The lowest BCUT2D eigenvalue weighted by Gasteiger charge is -2.46. The third-order valence-corrected chi connectivity index (χ3v) is 7.09. The Morgan fingerprint density at radius 3 is 2.77 bits per heavy atom. The highest BCUT2D eigenvalue weighted by molar-refractivity contribution is 5.76. The number of carbonyl (C=O) groups excluding carboxylic acids is 1. The average molecular weight is 433 g/mol. The molecule has 0 aromatic carbocycles. The van der Waals surface area contributed by atoms with Gasteiger partial charge in [0, 0.05) is 43.8 Å². The minimum absolute atomic E-state index is 0.0599. The van der Waals surface area contributed by atoms with Gasteiger partial charge in [-0.25, -0.2) is 15.2 Å². The number of likely N-dealkylation sites (tertiary alicyclic amines) is 1. The molecule has 1 aromatic rings. The van der Waals surface area contributed by atoms with Crippen molar-refractivity contribution < 1.29 is 9.53 Å². The second-order valence-electron chi connectivity index (χ2n) is 9.55. The van der Waals surface area contributed by atoms with E-state index in [-0.39, 0.29) is 35.7 Å². The molecule has 0 spiro atoms. The van der Waals surface area contributed by atoms with Crippen LogP contribution in [0.2, 0.25) is 0 Å². The van der Waals surface area contributed by atoms with Gasteiger partial charge in [-0.05, 0) is 47.7 Å². The van der Waals surface area contributed by atoms with Gasteiger partial charge in [-0.1, -0.05) is 0 Å². The smallest absolute Gasteiger partial charge is 0.320 e. The van der Waals surface area contributed by atoms with E-state index in [1.807, 2.05) is 22.8 Å². The fraction of sp³-hybridized carbons (Fsp3) is 0.762. The molecule has 3 saturated heterocycles. The molecule has 31 heavy (non-hydrogen) atoms. The van der Waals surface area contributed by atoms with E-state index >= 15 is 0 Å². The van der Waals surface area contributed by atoms with Gasteiger partial charge in [0.15, 0.2) is 0 Å². The van der Waals surface area contributed by atoms with E-state index in [2.05, 4.69) is 65.8 Å². The highest BCUT2D eigenvalue weighted by Crippen LogP contribution is 2.38. The number of anilines is 1. The predicted molar refractivity (Wildman–Crippen MR) is 119 cm³/mol. The molecule has 4 rings (SSSR count). The normalized spacial score (nSPS) is 32.8. The Balaban J connectivity index is 1.48. The zero-order valence-corrected chi connectivity index (χ0v) is 19.4. The quantitative estimate of drug-likeness (QED) is 0.647. The van der Waals surface area contributed by atoms with Gasteiger partial charge < -0.3 is 19.9 Å². The largest absolute Gasteiger partial charge is 0.464 e. The van der Waals surface area contributed by atoms with Crippen molar-refractivity contribution in [3.8, 4) is 6.01 Å². The zero-order valence-electron chi connectivity index (χ0n) is 19.4. The monoisotopic (exact) mass is 432 g/mol. The van der Waals surface area contributed by atoms with Crippen LogP contribution < -0.4 is 20.9 Å². The van der Waals surface area contributed by atoms with Crippen molar-refractivity contribution >= 4 is 11.8 Å². The van der Waals surface area contributed by atoms with Crippen LogP contribution in [0.4, 0.5) is 10.6 Å². The molecule has 10 heteroatoms. The summed E-state index contributed by atoms with van der Waals surface area (Å²) in [5.74, 6) is 0.896. The lowest BCUT2D eigenvalue weighted by Crippen LogP contribution is -2.63. The van der Waals surface area contributed by atoms with Crippen molar-refractivity contribution in [2.75, 3.05) is 38.6 Å². The van der Waals surface area contributed by atoms with Crippen LogP contribution in [-0.4, -0.2) is 93.8 Å². The number of nitrogens with zero attached hydrogens (tertiary/aromatic N) is 5. The van der Waals surface area contributed by atoms with Crippen molar-refractivity contribution in [1.82, 2.24) is 35.5 Å². The molecule has 4 heterocycles. The van der Waals surface area contributed by atoms with Crippen LogP contribution >= 0.6 is 0 Å². The summed E-state index contributed by atoms with van der Waals surface area (Å²) in [6.07, 6.45) is 1.63. The van der Waals surface area contributed by atoms with E-state index in [1.165, 1.54) is 0 Å². The summed E-state index contributed by atoms with van der Waals surface area (Å²) in [6, 6.07) is 3.00.